The molecule has 0 saturated heterocycles. The lowest BCUT2D eigenvalue weighted by Crippen LogP contribution is -2.22. The van der Waals surface area contributed by atoms with Crippen LogP contribution in [0, 0.1) is 3.57 Å². The fourth-order valence-electron chi connectivity index (χ4n) is 1.88. The van der Waals surface area contributed by atoms with Crippen LogP contribution in [0.25, 0.3) is 0 Å². The van der Waals surface area contributed by atoms with Gasteiger partial charge in [-0.2, -0.15) is 0 Å². The van der Waals surface area contributed by atoms with Crippen molar-refractivity contribution >= 4 is 38.5 Å². The second-order valence-electron chi connectivity index (χ2n) is 5.20. The van der Waals surface area contributed by atoms with E-state index in [1.807, 2.05) is 12.1 Å². The summed E-state index contributed by atoms with van der Waals surface area (Å²) in [6, 6.07) is 15.0. The van der Waals surface area contributed by atoms with Gasteiger partial charge in [0, 0.05) is 26.2 Å². The zero-order valence-electron chi connectivity index (χ0n) is 12.2. The Bertz CT molecular complexity index is 584. The Labute approximate surface area is 148 Å². The molecule has 0 heterocycles. The third-order valence-corrected chi connectivity index (χ3v) is 4.24. The maximum atomic E-state index is 5.99. The predicted molar refractivity (Wildman–Crippen MR) is 99.6 cm³/mol. The molecule has 0 unspecified atom stereocenters. The second-order valence-corrected chi connectivity index (χ2v) is 7.36. The number of benzene rings is 2. The van der Waals surface area contributed by atoms with E-state index in [0.717, 1.165) is 16.8 Å². The minimum atomic E-state index is 0.452. The molecule has 0 atom stereocenters. The van der Waals surface area contributed by atoms with Crippen LogP contribution < -0.4 is 10.1 Å². The average molecular weight is 460 g/mol. The zero-order chi connectivity index (χ0) is 15.2. The third kappa shape index (κ3) is 5.60. The lowest BCUT2D eigenvalue weighted by Gasteiger charge is -2.14. The van der Waals surface area contributed by atoms with Crippen molar-refractivity contribution in [2.45, 2.75) is 33.0 Å². The lowest BCUT2D eigenvalue weighted by molar-refractivity contribution is 0.301. The van der Waals surface area contributed by atoms with Gasteiger partial charge in [-0.1, -0.05) is 41.9 Å². The van der Waals surface area contributed by atoms with Gasteiger partial charge in [-0.05, 0) is 58.5 Å². The molecular formula is C17H19BrINO. The van der Waals surface area contributed by atoms with Crippen molar-refractivity contribution in [2.75, 3.05) is 0 Å². The molecule has 0 saturated carbocycles. The number of halogens is 2. The Morgan fingerprint density at radius 1 is 1.14 bits per heavy atom. The molecule has 2 aromatic carbocycles. The van der Waals surface area contributed by atoms with Crippen LogP contribution in [0.4, 0.5) is 0 Å². The highest BCUT2D eigenvalue weighted by Gasteiger charge is 2.06. The highest BCUT2D eigenvalue weighted by Crippen LogP contribution is 2.24. The van der Waals surface area contributed by atoms with Crippen LogP contribution >= 0.6 is 38.5 Å². The van der Waals surface area contributed by atoms with Crippen LogP contribution in [0.3, 0.4) is 0 Å². The summed E-state index contributed by atoms with van der Waals surface area (Å²) in [4.78, 5) is 0. The summed E-state index contributed by atoms with van der Waals surface area (Å²) in [5.41, 5.74) is 2.35. The van der Waals surface area contributed by atoms with E-state index in [9.17, 15) is 0 Å². The molecule has 112 valence electrons. The van der Waals surface area contributed by atoms with Gasteiger partial charge in [0.2, 0.25) is 0 Å². The van der Waals surface area contributed by atoms with Crippen LogP contribution in [0.5, 0.6) is 5.75 Å². The topological polar surface area (TPSA) is 21.3 Å². The Balaban J connectivity index is 2.06. The number of nitrogens with one attached hydrogen (secondary N) is 1. The van der Waals surface area contributed by atoms with Gasteiger partial charge in [-0.15, -0.1) is 0 Å². The first-order valence-corrected chi connectivity index (χ1v) is 8.81. The van der Waals surface area contributed by atoms with Gasteiger partial charge >= 0.3 is 0 Å². The van der Waals surface area contributed by atoms with Crippen LogP contribution in [0.1, 0.15) is 25.0 Å². The molecular weight excluding hydrogens is 441 g/mol. The van der Waals surface area contributed by atoms with E-state index in [-0.39, 0.29) is 0 Å². The highest BCUT2D eigenvalue weighted by atomic mass is 127. The highest BCUT2D eigenvalue weighted by molar-refractivity contribution is 14.1. The van der Waals surface area contributed by atoms with Crippen LogP contribution in [-0.2, 0) is 13.2 Å². The van der Waals surface area contributed by atoms with E-state index < -0.39 is 0 Å². The first kappa shape index (κ1) is 16.8. The SMILES string of the molecule is CC(C)NCc1cc(Br)ccc1OCc1ccc(I)cc1. The van der Waals surface area contributed by atoms with E-state index in [0.29, 0.717) is 12.6 Å². The maximum absolute atomic E-state index is 5.99. The van der Waals surface area contributed by atoms with E-state index in [1.165, 1.54) is 14.7 Å². The van der Waals surface area contributed by atoms with Crippen molar-refractivity contribution in [3.05, 3.63) is 61.6 Å². The normalized spacial score (nSPS) is 10.9. The Kier molecular flexibility index (Phi) is 6.51. The van der Waals surface area contributed by atoms with E-state index >= 15 is 0 Å². The van der Waals surface area contributed by atoms with Crippen molar-refractivity contribution in [3.63, 3.8) is 0 Å². The van der Waals surface area contributed by atoms with E-state index in [4.69, 9.17) is 4.74 Å². The molecule has 0 spiro atoms. The van der Waals surface area contributed by atoms with Gasteiger partial charge < -0.3 is 10.1 Å². The van der Waals surface area contributed by atoms with Gasteiger partial charge in [0.1, 0.15) is 12.4 Å². The molecule has 0 radical (unpaired) electrons. The van der Waals surface area contributed by atoms with Crippen molar-refractivity contribution in [1.82, 2.24) is 5.32 Å². The number of ether oxygens (including phenoxy) is 1. The molecule has 0 aliphatic carbocycles. The quantitative estimate of drug-likeness (QED) is 0.604. The zero-order valence-corrected chi connectivity index (χ0v) is 15.9. The molecule has 2 nitrogen and oxygen atoms in total. The molecule has 0 aliphatic heterocycles. The predicted octanol–water partition coefficient (Wildman–Crippen LogP) is 5.13. The van der Waals surface area contributed by atoms with Crippen molar-refractivity contribution in [3.8, 4) is 5.75 Å². The van der Waals surface area contributed by atoms with Gasteiger partial charge in [0.05, 0.1) is 0 Å². The smallest absolute Gasteiger partial charge is 0.124 e. The summed E-state index contributed by atoms with van der Waals surface area (Å²) in [6.07, 6.45) is 0. The number of hydrogen-bond donors (Lipinski definition) is 1. The number of hydrogen-bond acceptors (Lipinski definition) is 2. The molecule has 0 aromatic heterocycles. The molecule has 0 aliphatic rings. The fraction of sp³-hybridized carbons (Fsp3) is 0.294. The minimum absolute atomic E-state index is 0.452. The van der Waals surface area contributed by atoms with Crippen molar-refractivity contribution in [2.24, 2.45) is 0 Å². The Hall–Kier alpha value is -0.590. The summed E-state index contributed by atoms with van der Waals surface area (Å²) in [5.74, 6) is 0.935. The Morgan fingerprint density at radius 3 is 2.52 bits per heavy atom. The summed E-state index contributed by atoms with van der Waals surface area (Å²) < 4.78 is 8.30. The van der Waals surface area contributed by atoms with Crippen LogP contribution in [0.2, 0.25) is 0 Å². The third-order valence-electron chi connectivity index (χ3n) is 3.03. The summed E-state index contributed by atoms with van der Waals surface area (Å²) >= 11 is 5.83. The van der Waals surface area contributed by atoms with Gasteiger partial charge in [-0.3, -0.25) is 0 Å². The van der Waals surface area contributed by atoms with Crippen LogP contribution in [-0.4, -0.2) is 6.04 Å². The Morgan fingerprint density at radius 2 is 1.86 bits per heavy atom. The van der Waals surface area contributed by atoms with Crippen LogP contribution in [0.15, 0.2) is 46.9 Å². The molecule has 2 rings (SSSR count). The van der Waals surface area contributed by atoms with Crippen molar-refractivity contribution < 1.29 is 4.74 Å². The lowest BCUT2D eigenvalue weighted by atomic mass is 10.2. The summed E-state index contributed by atoms with van der Waals surface area (Å²) in [7, 11) is 0. The molecule has 0 amide bonds. The summed E-state index contributed by atoms with van der Waals surface area (Å²) in [6.45, 7) is 5.68. The average Bonchev–Trinajstić information content (AvgIpc) is 2.45. The van der Waals surface area contributed by atoms with Gasteiger partial charge in [0.25, 0.3) is 0 Å². The van der Waals surface area contributed by atoms with Gasteiger partial charge in [-0.25, -0.2) is 0 Å². The van der Waals surface area contributed by atoms with E-state index in [1.54, 1.807) is 0 Å². The maximum Gasteiger partial charge on any atom is 0.124 e. The fourth-order valence-corrected chi connectivity index (χ4v) is 2.65. The van der Waals surface area contributed by atoms with E-state index in [2.05, 4.69) is 88.0 Å². The van der Waals surface area contributed by atoms with Gasteiger partial charge in [0.15, 0.2) is 0 Å². The molecule has 21 heavy (non-hydrogen) atoms. The molecule has 0 fully saturated rings. The first-order valence-electron chi connectivity index (χ1n) is 6.93. The monoisotopic (exact) mass is 459 g/mol. The summed E-state index contributed by atoms with van der Waals surface area (Å²) in [5, 5.41) is 3.43. The number of rotatable bonds is 6. The minimum Gasteiger partial charge on any atom is -0.489 e. The van der Waals surface area contributed by atoms with Crippen molar-refractivity contribution in [1.29, 1.82) is 0 Å². The standard InChI is InChI=1S/C17H19BrINO/c1-12(2)20-10-14-9-15(18)5-8-17(14)21-11-13-3-6-16(19)7-4-13/h3-9,12,20H,10-11H2,1-2H3. The molecule has 4 heteroatoms. The molecule has 0 bridgehead atoms. The largest absolute Gasteiger partial charge is 0.489 e. The molecule has 2 aromatic rings. The first-order chi connectivity index (χ1) is 10.0. The second kappa shape index (κ2) is 8.15. The molecule has 1 N–H and O–H groups in total.